The van der Waals surface area contributed by atoms with Crippen molar-refractivity contribution in [3.63, 3.8) is 0 Å². The molecule has 1 aliphatic rings. The van der Waals surface area contributed by atoms with E-state index in [-0.39, 0.29) is 11.7 Å². The monoisotopic (exact) mass is 303 g/mol. The molecule has 7 heteroatoms. The van der Waals surface area contributed by atoms with Crippen LogP contribution >= 0.6 is 0 Å². The molecule has 0 heterocycles. The number of nitrogens with one attached hydrogen (secondary N) is 1. The number of rotatable bonds is 6. The van der Waals surface area contributed by atoms with Crippen LogP contribution in [0.25, 0.3) is 0 Å². The largest absolute Gasteiger partial charge is 0.493 e. The van der Waals surface area contributed by atoms with Crippen LogP contribution in [0.15, 0.2) is 18.2 Å². The molecule has 1 N–H and O–H groups in total. The van der Waals surface area contributed by atoms with E-state index >= 15 is 0 Å². The molecule has 4 nitrogen and oxygen atoms in total. The molecule has 0 atom stereocenters. The van der Waals surface area contributed by atoms with Crippen LogP contribution in [0.4, 0.5) is 13.2 Å². The molecule has 0 spiro atoms. The molecule has 21 heavy (non-hydrogen) atoms. The van der Waals surface area contributed by atoms with Crippen molar-refractivity contribution in [1.29, 1.82) is 0 Å². The maximum atomic E-state index is 12.0. The Balaban J connectivity index is 1.97. The maximum Gasteiger partial charge on any atom is 0.390 e. The van der Waals surface area contributed by atoms with Gasteiger partial charge in [0.2, 0.25) is 0 Å². The van der Waals surface area contributed by atoms with Crippen molar-refractivity contribution >= 4 is 5.91 Å². The first-order valence-corrected chi connectivity index (χ1v) is 6.58. The van der Waals surface area contributed by atoms with Crippen molar-refractivity contribution in [3.05, 3.63) is 23.8 Å². The van der Waals surface area contributed by atoms with Gasteiger partial charge in [-0.15, -0.1) is 0 Å². The topological polar surface area (TPSA) is 47.6 Å². The molecule has 116 valence electrons. The Labute approximate surface area is 120 Å². The number of carbonyl (C=O) groups excluding carboxylic acids is 1. The second kappa shape index (κ2) is 6.24. The lowest BCUT2D eigenvalue weighted by molar-refractivity contribution is -0.132. The molecule has 0 bridgehead atoms. The van der Waals surface area contributed by atoms with Gasteiger partial charge in [-0.3, -0.25) is 4.79 Å². The van der Waals surface area contributed by atoms with Crippen molar-refractivity contribution < 1.29 is 27.4 Å². The van der Waals surface area contributed by atoms with Crippen LogP contribution in [0.2, 0.25) is 0 Å². The smallest absolute Gasteiger partial charge is 0.390 e. The first-order valence-electron chi connectivity index (χ1n) is 6.58. The van der Waals surface area contributed by atoms with E-state index in [2.05, 4.69) is 5.32 Å². The maximum absolute atomic E-state index is 12.0. The zero-order valence-corrected chi connectivity index (χ0v) is 11.5. The van der Waals surface area contributed by atoms with Gasteiger partial charge >= 0.3 is 6.18 Å². The van der Waals surface area contributed by atoms with Crippen LogP contribution in [-0.4, -0.2) is 31.8 Å². The lowest BCUT2D eigenvalue weighted by Gasteiger charge is -2.12. The van der Waals surface area contributed by atoms with Crippen molar-refractivity contribution in [2.45, 2.75) is 31.5 Å². The molecule has 1 aromatic carbocycles. The van der Waals surface area contributed by atoms with E-state index in [0.717, 1.165) is 12.8 Å². The number of hydrogen-bond donors (Lipinski definition) is 1. The van der Waals surface area contributed by atoms with Crippen molar-refractivity contribution in [3.8, 4) is 11.5 Å². The van der Waals surface area contributed by atoms with E-state index in [1.54, 1.807) is 6.07 Å². The molecular formula is C14H16F3NO3. The zero-order chi connectivity index (χ0) is 15.5. The van der Waals surface area contributed by atoms with Crippen LogP contribution in [0.5, 0.6) is 11.5 Å². The predicted molar refractivity (Wildman–Crippen MR) is 69.6 cm³/mol. The minimum Gasteiger partial charge on any atom is -0.493 e. The van der Waals surface area contributed by atoms with E-state index in [1.165, 1.54) is 19.2 Å². The fourth-order valence-corrected chi connectivity index (χ4v) is 1.69. The molecule has 1 amide bonds. The van der Waals surface area contributed by atoms with Gasteiger partial charge in [0.25, 0.3) is 5.91 Å². The van der Waals surface area contributed by atoms with Crippen LogP contribution < -0.4 is 14.8 Å². The van der Waals surface area contributed by atoms with E-state index in [1.807, 2.05) is 0 Å². The van der Waals surface area contributed by atoms with E-state index < -0.39 is 25.0 Å². The van der Waals surface area contributed by atoms with Gasteiger partial charge in [-0.05, 0) is 31.0 Å². The molecule has 1 aromatic rings. The van der Waals surface area contributed by atoms with E-state index in [9.17, 15) is 18.0 Å². The van der Waals surface area contributed by atoms with Crippen LogP contribution in [0.3, 0.4) is 0 Å². The number of carbonyl (C=O) groups is 1. The average Bonchev–Trinajstić information content (AvgIpc) is 3.21. The summed E-state index contributed by atoms with van der Waals surface area (Å²) in [6, 6.07) is 4.56. The van der Waals surface area contributed by atoms with Crippen molar-refractivity contribution in [2.24, 2.45) is 0 Å². The van der Waals surface area contributed by atoms with Gasteiger partial charge in [0.1, 0.15) is 0 Å². The summed E-state index contributed by atoms with van der Waals surface area (Å²) < 4.78 is 46.8. The molecule has 1 saturated carbocycles. The Morgan fingerprint density at radius 3 is 2.62 bits per heavy atom. The molecule has 2 rings (SSSR count). The van der Waals surface area contributed by atoms with Gasteiger partial charge in [0.15, 0.2) is 11.5 Å². The van der Waals surface area contributed by atoms with Crippen LogP contribution in [0, 0.1) is 0 Å². The zero-order valence-electron chi connectivity index (χ0n) is 11.5. The number of benzene rings is 1. The number of methoxy groups -OCH3 is 1. The summed E-state index contributed by atoms with van der Waals surface area (Å²) >= 11 is 0. The Kier molecular flexibility index (Phi) is 4.59. The SMILES string of the molecule is COc1cc(C(=O)NCCC(F)(F)F)ccc1OC1CC1. The molecule has 0 radical (unpaired) electrons. The molecule has 0 aromatic heterocycles. The number of alkyl halides is 3. The summed E-state index contributed by atoms with van der Waals surface area (Å²) in [5.41, 5.74) is 0.233. The van der Waals surface area contributed by atoms with Crippen LogP contribution in [0.1, 0.15) is 29.6 Å². The highest BCUT2D eigenvalue weighted by molar-refractivity contribution is 5.94. The molecule has 0 saturated heterocycles. The van der Waals surface area contributed by atoms with Crippen molar-refractivity contribution in [2.75, 3.05) is 13.7 Å². The highest BCUT2D eigenvalue weighted by Gasteiger charge is 2.27. The van der Waals surface area contributed by atoms with Gasteiger partial charge in [0, 0.05) is 12.1 Å². The van der Waals surface area contributed by atoms with Crippen molar-refractivity contribution in [1.82, 2.24) is 5.32 Å². The van der Waals surface area contributed by atoms with E-state index in [0.29, 0.717) is 11.5 Å². The highest BCUT2D eigenvalue weighted by atomic mass is 19.4. The Morgan fingerprint density at radius 2 is 2.05 bits per heavy atom. The lowest BCUT2D eigenvalue weighted by atomic mass is 10.2. The Morgan fingerprint density at radius 1 is 1.33 bits per heavy atom. The third kappa shape index (κ3) is 4.84. The molecule has 1 fully saturated rings. The average molecular weight is 303 g/mol. The fraction of sp³-hybridized carbons (Fsp3) is 0.500. The number of amides is 1. The quantitative estimate of drug-likeness (QED) is 0.879. The summed E-state index contributed by atoms with van der Waals surface area (Å²) in [6.45, 7) is -0.453. The highest BCUT2D eigenvalue weighted by Crippen LogP contribution is 2.34. The summed E-state index contributed by atoms with van der Waals surface area (Å²) in [6.07, 6.45) is -3.18. The minimum absolute atomic E-state index is 0.186. The second-order valence-corrected chi connectivity index (χ2v) is 4.80. The number of hydrogen-bond acceptors (Lipinski definition) is 3. The normalized spacial score (nSPS) is 14.7. The molecule has 0 unspecified atom stereocenters. The predicted octanol–water partition coefficient (Wildman–Crippen LogP) is 2.92. The Bertz CT molecular complexity index is 513. The number of halogens is 3. The second-order valence-electron chi connectivity index (χ2n) is 4.80. The van der Waals surface area contributed by atoms with E-state index in [4.69, 9.17) is 9.47 Å². The van der Waals surface area contributed by atoms with Crippen LogP contribution in [-0.2, 0) is 0 Å². The van der Waals surface area contributed by atoms with Gasteiger partial charge in [0.05, 0.1) is 19.6 Å². The van der Waals surface area contributed by atoms with Gasteiger partial charge < -0.3 is 14.8 Å². The van der Waals surface area contributed by atoms with Gasteiger partial charge in [-0.2, -0.15) is 13.2 Å². The summed E-state index contributed by atoms with van der Waals surface area (Å²) in [5, 5.41) is 2.22. The molecule has 1 aliphatic carbocycles. The Hall–Kier alpha value is -1.92. The molecule has 0 aliphatic heterocycles. The minimum atomic E-state index is -4.28. The molecular weight excluding hydrogens is 287 g/mol. The third-order valence-corrected chi connectivity index (χ3v) is 2.94. The number of ether oxygens (including phenoxy) is 2. The first-order chi connectivity index (χ1) is 9.89. The lowest BCUT2D eigenvalue weighted by Crippen LogP contribution is -2.27. The summed E-state index contributed by atoms with van der Waals surface area (Å²) in [5.74, 6) is 0.354. The fourth-order valence-electron chi connectivity index (χ4n) is 1.69. The standard InChI is InChI=1S/C14H16F3NO3/c1-20-12-8-9(2-5-11(12)21-10-3-4-10)13(19)18-7-6-14(15,16)17/h2,5,8,10H,3-4,6-7H2,1H3,(H,18,19). The summed E-state index contributed by atoms with van der Waals surface area (Å²) in [4.78, 5) is 11.8. The van der Waals surface area contributed by atoms with Gasteiger partial charge in [-0.25, -0.2) is 0 Å². The first kappa shape index (κ1) is 15.5. The third-order valence-electron chi connectivity index (χ3n) is 2.94. The summed E-state index contributed by atoms with van der Waals surface area (Å²) in [7, 11) is 1.44. The van der Waals surface area contributed by atoms with Gasteiger partial charge in [-0.1, -0.05) is 0 Å².